The van der Waals surface area contributed by atoms with Gasteiger partial charge in [0, 0.05) is 12.6 Å². The van der Waals surface area contributed by atoms with Gasteiger partial charge in [0.2, 0.25) is 0 Å². The molecular formula is C13H28N2. The number of hydrogen-bond donors (Lipinski definition) is 1. The summed E-state index contributed by atoms with van der Waals surface area (Å²) in [6.07, 6.45) is 5.58. The maximum absolute atomic E-state index is 3.68. The van der Waals surface area contributed by atoms with E-state index in [9.17, 15) is 0 Å². The summed E-state index contributed by atoms with van der Waals surface area (Å²) in [4.78, 5) is 2.33. The van der Waals surface area contributed by atoms with E-state index in [2.05, 4.69) is 38.2 Å². The minimum absolute atomic E-state index is 0.782. The lowest BCUT2D eigenvalue weighted by Gasteiger charge is -2.31. The van der Waals surface area contributed by atoms with Crippen molar-refractivity contribution in [3.8, 4) is 0 Å². The molecule has 1 aliphatic carbocycles. The van der Waals surface area contributed by atoms with Gasteiger partial charge < -0.3 is 10.2 Å². The van der Waals surface area contributed by atoms with Gasteiger partial charge in [-0.05, 0) is 58.2 Å². The molecule has 1 saturated carbocycles. The van der Waals surface area contributed by atoms with E-state index in [1.807, 2.05) is 0 Å². The van der Waals surface area contributed by atoms with E-state index < -0.39 is 0 Å². The molecule has 0 aromatic carbocycles. The fourth-order valence-electron chi connectivity index (χ4n) is 2.47. The van der Waals surface area contributed by atoms with Crippen molar-refractivity contribution in [3.05, 3.63) is 0 Å². The number of nitrogens with one attached hydrogen (secondary N) is 1. The summed E-state index contributed by atoms with van der Waals surface area (Å²) < 4.78 is 0. The highest BCUT2D eigenvalue weighted by molar-refractivity contribution is 4.78. The molecule has 2 heteroatoms. The Hall–Kier alpha value is -0.0800. The predicted octanol–water partition coefficient (Wildman–Crippen LogP) is 2.35. The number of hydrogen-bond acceptors (Lipinski definition) is 2. The van der Waals surface area contributed by atoms with Crippen LogP contribution in [0.3, 0.4) is 0 Å². The largest absolute Gasteiger partial charge is 0.314 e. The summed E-state index contributed by atoms with van der Waals surface area (Å²) in [5.41, 5.74) is 0. The molecule has 2 nitrogen and oxygen atoms in total. The predicted molar refractivity (Wildman–Crippen MR) is 67.1 cm³/mol. The molecule has 1 rings (SSSR count). The van der Waals surface area contributed by atoms with Crippen LogP contribution in [0, 0.1) is 11.8 Å². The van der Waals surface area contributed by atoms with E-state index in [1.54, 1.807) is 0 Å². The lowest BCUT2D eigenvalue weighted by atomic mass is 9.85. The van der Waals surface area contributed by atoms with Crippen molar-refractivity contribution < 1.29 is 0 Å². The molecule has 0 saturated heterocycles. The van der Waals surface area contributed by atoms with Gasteiger partial charge in [-0.15, -0.1) is 0 Å². The zero-order chi connectivity index (χ0) is 11.3. The van der Waals surface area contributed by atoms with Gasteiger partial charge in [-0.25, -0.2) is 0 Å². The number of nitrogens with zero attached hydrogens (tertiary/aromatic N) is 1. The van der Waals surface area contributed by atoms with Crippen LogP contribution in [0.4, 0.5) is 0 Å². The first-order valence-electron chi connectivity index (χ1n) is 6.46. The zero-order valence-electron chi connectivity index (χ0n) is 10.9. The van der Waals surface area contributed by atoms with Gasteiger partial charge in [0.15, 0.2) is 0 Å². The van der Waals surface area contributed by atoms with Crippen molar-refractivity contribution in [1.29, 1.82) is 0 Å². The van der Waals surface area contributed by atoms with Crippen molar-refractivity contribution in [2.75, 3.05) is 27.2 Å². The van der Waals surface area contributed by atoms with Crippen molar-refractivity contribution in [2.45, 2.75) is 45.6 Å². The van der Waals surface area contributed by atoms with Crippen LogP contribution >= 0.6 is 0 Å². The van der Waals surface area contributed by atoms with Crippen LogP contribution in [-0.4, -0.2) is 38.1 Å². The molecule has 1 fully saturated rings. The number of rotatable bonds is 5. The van der Waals surface area contributed by atoms with Crippen molar-refractivity contribution in [2.24, 2.45) is 11.8 Å². The molecule has 1 N–H and O–H groups in total. The Labute approximate surface area is 95.4 Å². The Morgan fingerprint density at radius 2 is 1.73 bits per heavy atom. The van der Waals surface area contributed by atoms with Gasteiger partial charge in [-0.3, -0.25) is 0 Å². The van der Waals surface area contributed by atoms with Crippen LogP contribution < -0.4 is 5.32 Å². The molecule has 90 valence electrons. The highest BCUT2D eigenvalue weighted by Crippen LogP contribution is 2.24. The summed E-state index contributed by atoms with van der Waals surface area (Å²) in [7, 11) is 4.37. The molecule has 0 aromatic rings. The van der Waals surface area contributed by atoms with E-state index in [-0.39, 0.29) is 0 Å². The van der Waals surface area contributed by atoms with Gasteiger partial charge >= 0.3 is 0 Å². The minimum Gasteiger partial charge on any atom is -0.314 e. The van der Waals surface area contributed by atoms with E-state index in [1.165, 1.54) is 38.8 Å². The lowest BCUT2D eigenvalue weighted by molar-refractivity contribution is 0.232. The van der Waals surface area contributed by atoms with Crippen molar-refractivity contribution in [1.82, 2.24) is 10.2 Å². The molecule has 0 amide bonds. The molecule has 0 spiro atoms. The smallest absolute Gasteiger partial charge is 0.00673 e. The maximum Gasteiger partial charge on any atom is 0.00673 e. The second kappa shape index (κ2) is 6.49. The minimum atomic E-state index is 0.782. The third-order valence-electron chi connectivity index (χ3n) is 3.28. The van der Waals surface area contributed by atoms with E-state index in [0.29, 0.717) is 0 Å². The Morgan fingerprint density at radius 1 is 1.13 bits per heavy atom. The fourth-order valence-corrected chi connectivity index (χ4v) is 2.47. The molecule has 0 heterocycles. The third-order valence-corrected chi connectivity index (χ3v) is 3.28. The van der Waals surface area contributed by atoms with E-state index in [4.69, 9.17) is 0 Å². The molecule has 0 aliphatic heterocycles. The van der Waals surface area contributed by atoms with Crippen molar-refractivity contribution in [3.63, 3.8) is 0 Å². The second-order valence-electron chi connectivity index (χ2n) is 5.78. The quantitative estimate of drug-likeness (QED) is 0.752. The normalized spacial score (nSPS) is 27.6. The SMILES string of the molecule is CC(C)CNC1CCC(CN(C)C)CC1. The van der Waals surface area contributed by atoms with Crippen LogP contribution in [0.2, 0.25) is 0 Å². The summed E-state index contributed by atoms with van der Waals surface area (Å²) in [5.74, 6) is 1.72. The topological polar surface area (TPSA) is 15.3 Å². The van der Waals surface area contributed by atoms with Crippen LogP contribution in [0.1, 0.15) is 39.5 Å². The Bertz CT molecular complexity index is 158. The zero-order valence-corrected chi connectivity index (χ0v) is 10.9. The van der Waals surface area contributed by atoms with Gasteiger partial charge in [0.05, 0.1) is 0 Å². The van der Waals surface area contributed by atoms with Crippen LogP contribution in [0.25, 0.3) is 0 Å². The third kappa shape index (κ3) is 5.53. The summed E-state index contributed by atoms with van der Waals surface area (Å²) >= 11 is 0. The van der Waals surface area contributed by atoms with Gasteiger partial charge in [0.25, 0.3) is 0 Å². The Morgan fingerprint density at radius 3 is 2.20 bits per heavy atom. The standard InChI is InChI=1S/C13H28N2/c1-11(2)9-14-13-7-5-12(6-8-13)10-15(3)4/h11-14H,5-10H2,1-4H3. The van der Waals surface area contributed by atoms with E-state index >= 15 is 0 Å². The van der Waals surface area contributed by atoms with Gasteiger partial charge in [-0.1, -0.05) is 13.8 Å². The van der Waals surface area contributed by atoms with Crippen LogP contribution in [-0.2, 0) is 0 Å². The molecule has 0 atom stereocenters. The molecular weight excluding hydrogens is 184 g/mol. The molecule has 0 bridgehead atoms. The average molecular weight is 212 g/mol. The first-order valence-corrected chi connectivity index (χ1v) is 6.46. The first kappa shape index (κ1) is 13.0. The first-order chi connectivity index (χ1) is 7.08. The Balaban J connectivity index is 2.12. The summed E-state index contributed by atoms with van der Waals surface area (Å²) in [6.45, 7) is 7.02. The maximum atomic E-state index is 3.68. The Kier molecular flexibility index (Phi) is 5.62. The van der Waals surface area contributed by atoms with E-state index in [0.717, 1.165) is 17.9 Å². The van der Waals surface area contributed by atoms with Crippen LogP contribution in [0.15, 0.2) is 0 Å². The molecule has 1 aliphatic rings. The average Bonchev–Trinajstić information content (AvgIpc) is 2.16. The summed E-state index contributed by atoms with van der Waals surface area (Å²) in [5, 5.41) is 3.68. The molecule has 15 heavy (non-hydrogen) atoms. The highest BCUT2D eigenvalue weighted by atomic mass is 15.1. The molecule has 0 radical (unpaired) electrons. The van der Waals surface area contributed by atoms with Gasteiger partial charge in [0.1, 0.15) is 0 Å². The van der Waals surface area contributed by atoms with Crippen LogP contribution in [0.5, 0.6) is 0 Å². The second-order valence-corrected chi connectivity index (χ2v) is 5.78. The highest BCUT2D eigenvalue weighted by Gasteiger charge is 2.20. The fraction of sp³-hybridized carbons (Fsp3) is 1.00. The van der Waals surface area contributed by atoms with Crippen molar-refractivity contribution >= 4 is 0 Å². The van der Waals surface area contributed by atoms with Gasteiger partial charge in [-0.2, -0.15) is 0 Å². The molecule has 0 unspecified atom stereocenters. The lowest BCUT2D eigenvalue weighted by Crippen LogP contribution is -2.37. The summed E-state index contributed by atoms with van der Waals surface area (Å²) in [6, 6.07) is 0.797. The molecule has 0 aromatic heterocycles. The monoisotopic (exact) mass is 212 g/mol.